The van der Waals surface area contributed by atoms with Crippen LogP contribution in [0.15, 0.2) is 88.4 Å². The highest BCUT2D eigenvalue weighted by molar-refractivity contribution is 8.03. The summed E-state index contributed by atoms with van der Waals surface area (Å²) in [7, 11) is 1.17. The van der Waals surface area contributed by atoms with Gasteiger partial charge < -0.3 is 28.6 Å². The van der Waals surface area contributed by atoms with E-state index < -0.39 is 68.2 Å². The Hall–Kier alpha value is -7.43. The summed E-state index contributed by atoms with van der Waals surface area (Å²) in [6.07, 6.45) is -3.28. The number of aliphatic imine (C=N–C) groups is 1. The second kappa shape index (κ2) is 19.3. The SMILES string of the molecule is COC(=O)CC1=NCC(SC2=C(C(=O)OCc3ccc([N+](=O)[O-])cc3)N3C(=O)C(C(C)OC(=O)OCc4ccc([N+](=O)[O-])cc4)[C@H]3C2)CN1C(=O)OCc1ccc([N+](=O)[O-])cc1. The Morgan fingerprint density at radius 2 is 1.29 bits per heavy atom. The fourth-order valence-electron chi connectivity index (χ4n) is 6.76. The van der Waals surface area contributed by atoms with Gasteiger partial charge in [0.15, 0.2) is 0 Å². The summed E-state index contributed by atoms with van der Waals surface area (Å²) in [6, 6.07) is 15.3. The molecule has 23 heteroatoms. The second-order valence-corrected chi connectivity index (χ2v) is 15.3. The van der Waals surface area contributed by atoms with Crippen molar-refractivity contribution in [1.82, 2.24) is 9.80 Å². The first-order valence-electron chi connectivity index (χ1n) is 18.6. The Labute approximate surface area is 354 Å². The number of β-lactam (4-membered cyclic amide) rings is 1. The third-order valence-electron chi connectivity index (χ3n) is 9.91. The molecule has 0 N–H and O–H groups in total. The van der Waals surface area contributed by atoms with Crippen molar-refractivity contribution in [3.05, 3.63) is 130 Å². The molecule has 3 aliphatic heterocycles. The maximum absolute atomic E-state index is 13.8. The Morgan fingerprint density at radius 1 is 0.790 bits per heavy atom. The zero-order chi connectivity index (χ0) is 44.7. The molecular formula is C39H36N6O16S. The molecule has 6 rings (SSSR count). The maximum atomic E-state index is 13.8. The standard InChI is InChI=1S/C39H36N6O16S/c1-22(61-39(50)60-21-25-7-13-28(14-8-25)45(55)56)34-30-15-31(35(42(30)36(34)47)37(48)58-19-23-3-9-26(10-4-23)43(51)52)62-29-17-40-32(16-33(46)57-2)41(18-29)38(49)59-20-24-5-11-27(12-6-24)44(53)54/h3-14,22,29-30,34H,15-21H2,1-2H3/t22?,29?,30-,34?/m1/s1. The van der Waals surface area contributed by atoms with E-state index in [1.165, 1.54) is 91.7 Å². The van der Waals surface area contributed by atoms with Gasteiger partial charge in [-0.3, -0.25) is 49.8 Å². The molecule has 3 aromatic carbocycles. The number of ether oxygens (including phenoxy) is 5. The molecule has 0 saturated carbocycles. The lowest BCUT2D eigenvalue weighted by Gasteiger charge is -2.45. The van der Waals surface area contributed by atoms with Gasteiger partial charge in [-0.25, -0.2) is 14.4 Å². The van der Waals surface area contributed by atoms with Gasteiger partial charge in [-0.2, -0.15) is 0 Å². The molecule has 0 bridgehead atoms. The zero-order valence-electron chi connectivity index (χ0n) is 32.8. The molecule has 2 amide bonds. The average Bonchev–Trinajstić information content (AvgIpc) is 3.58. The number of hydrogen-bond donors (Lipinski definition) is 0. The summed E-state index contributed by atoms with van der Waals surface area (Å²) in [5.41, 5.74) is 0.769. The van der Waals surface area contributed by atoms with Crippen LogP contribution in [0, 0.1) is 36.3 Å². The molecule has 324 valence electrons. The van der Waals surface area contributed by atoms with Crippen LogP contribution in [0.1, 0.15) is 36.5 Å². The molecule has 3 aliphatic rings. The van der Waals surface area contributed by atoms with E-state index >= 15 is 0 Å². The minimum atomic E-state index is -1.10. The van der Waals surface area contributed by atoms with E-state index in [9.17, 15) is 54.3 Å². The Bertz CT molecular complexity index is 2340. The van der Waals surface area contributed by atoms with Crippen LogP contribution >= 0.6 is 11.8 Å². The van der Waals surface area contributed by atoms with Gasteiger partial charge >= 0.3 is 24.2 Å². The predicted octanol–water partition coefficient (Wildman–Crippen LogP) is 5.35. The molecule has 0 aromatic heterocycles. The summed E-state index contributed by atoms with van der Waals surface area (Å²) in [6.45, 7) is 0.641. The molecule has 4 atom stereocenters. The van der Waals surface area contributed by atoms with Gasteiger partial charge in [-0.15, -0.1) is 11.8 Å². The fourth-order valence-corrected chi connectivity index (χ4v) is 8.10. The number of rotatable bonds is 16. The number of non-ortho nitro benzene ring substituents is 3. The molecule has 3 aromatic rings. The van der Waals surface area contributed by atoms with Crippen molar-refractivity contribution in [1.29, 1.82) is 0 Å². The molecule has 0 radical (unpaired) electrons. The van der Waals surface area contributed by atoms with Gasteiger partial charge in [-0.05, 0) is 60.0 Å². The summed E-state index contributed by atoms with van der Waals surface area (Å²) in [5.74, 6) is -2.99. The van der Waals surface area contributed by atoms with Crippen molar-refractivity contribution in [2.24, 2.45) is 10.9 Å². The molecule has 0 spiro atoms. The van der Waals surface area contributed by atoms with Crippen molar-refractivity contribution in [3.63, 3.8) is 0 Å². The van der Waals surface area contributed by atoms with Gasteiger partial charge in [-0.1, -0.05) is 0 Å². The minimum absolute atomic E-state index is 0.0519. The highest BCUT2D eigenvalue weighted by atomic mass is 32.2. The maximum Gasteiger partial charge on any atom is 0.508 e. The van der Waals surface area contributed by atoms with E-state index in [2.05, 4.69) is 4.99 Å². The first kappa shape index (κ1) is 44.1. The van der Waals surface area contributed by atoms with E-state index in [1.54, 1.807) is 0 Å². The van der Waals surface area contributed by atoms with Crippen molar-refractivity contribution in [2.45, 2.75) is 57.0 Å². The fraction of sp³-hybridized carbons (Fsp3) is 0.333. The number of benzene rings is 3. The average molecular weight is 877 g/mol. The van der Waals surface area contributed by atoms with Crippen molar-refractivity contribution >= 4 is 64.8 Å². The van der Waals surface area contributed by atoms with Crippen LogP contribution in [-0.2, 0) is 57.9 Å². The van der Waals surface area contributed by atoms with Crippen LogP contribution in [0.4, 0.5) is 26.7 Å². The number of amides is 2. The number of esters is 2. The Kier molecular flexibility index (Phi) is 13.7. The van der Waals surface area contributed by atoms with Crippen LogP contribution in [0.25, 0.3) is 0 Å². The summed E-state index contributed by atoms with van der Waals surface area (Å²) < 4.78 is 26.5. The molecular weight excluding hydrogens is 841 g/mol. The topological polar surface area (TPSA) is 280 Å². The molecule has 3 heterocycles. The van der Waals surface area contributed by atoms with E-state index in [4.69, 9.17) is 23.7 Å². The molecule has 1 fully saturated rings. The molecule has 1 saturated heterocycles. The van der Waals surface area contributed by atoms with Gasteiger partial charge in [0.1, 0.15) is 43.9 Å². The molecule has 0 aliphatic carbocycles. The van der Waals surface area contributed by atoms with Crippen molar-refractivity contribution in [3.8, 4) is 0 Å². The minimum Gasteiger partial charge on any atom is -0.469 e. The third kappa shape index (κ3) is 10.3. The summed E-state index contributed by atoms with van der Waals surface area (Å²) in [5, 5.41) is 32.5. The predicted molar refractivity (Wildman–Crippen MR) is 213 cm³/mol. The van der Waals surface area contributed by atoms with Crippen molar-refractivity contribution in [2.75, 3.05) is 20.2 Å². The molecule has 22 nitrogen and oxygen atoms in total. The highest BCUT2D eigenvalue weighted by Gasteiger charge is 2.58. The number of nitro groups is 3. The Morgan fingerprint density at radius 3 is 1.79 bits per heavy atom. The van der Waals surface area contributed by atoms with E-state index in [0.29, 0.717) is 21.6 Å². The van der Waals surface area contributed by atoms with E-state index in [1.807, 2.05) is 0 Å². The molecule has 3 unspecified atom stereocenters. The normalized spacial score (nSPS) is 18.4. The number of fused-ring (bicyclic) bond motifs is 1. The third-order valence-corrected chi connectivity index (χ3v) is 11.2. The number of methoxy groups -OCH3 is 1. The number of hydrogen-bond acceptors (Lipinski definition) is 18. The van der Waals surface area contributed by atoms with E-state index in [0.717, 1.165) is 16.7 Å². The van der Waals surface area contributed by atoms with E-state index in [-0.39, 0.29) is 74.3 Å². The quantitative estimate of drug-likeness (QED) is 0.0576. The number of carbonyl (C=O) groups is 5. The summed E-state index contributed by atoms with van der Waals surface area (Å²) in [4.78, 5) is 105. The van der Waals surface area contributed by atoms with Crippen LogP contribution < -0.4 is 0 Å². The van der Waals surface area contributed by atoms with Crippen LogP contribution in [-0.4, -0.2) is 98.1 Å². The largest absolute Gasteiger partial charge is 0.508 e. The first-order valence-corrected chi connectivity index (χ1v) is 19.5. The number of thioether (sulfide) groups is 1. The number of nitro benzene ring substituents is 3. The van der Waals surface area contributed by atoms with Gasteiger partial charge in [0.2, 0.25) is 5.91 Å². The van der Waals surface area contributed by atoms with Crippen LogP contribution in [0.2, 0.25) is 0 Å². The smallest absolute Gasteiger partial charge is 0.469 e. The lowest BCUT2D eigenvalue weighted by molar-refractivity contribution is -0.385. The van der Waals surface area contributed by atoms with Gasteiger partial charge in [0.05, 0.1) is 40.4 Å². The monoisotopic (exact) mass is 876 g/mol. The number of nitrogens with zero attached hydrogens (tertiary/aromatic N) is 6. The lowest BCUT2D eigenvalue weighted by atomic mass is 9.83. The molecule has 62 heavy (non-hydrogen) atoms. The van der Waals surface area contributed by atoms with Crippen LogP contribution in [0.3, 0.4) is 0 Å². The highest BCUT2D eigenvalue weighted by Crippen LogP contribution is 2.49. The van der Waals surface area contributed by atoms with Crippen LogP contribution in [0.5, 0.6) is 0 Å². The number of carbonyl (C=O) groups excluding carboxylic acids is 5. The zero-order valence-corrected chi connectivity index (χ0v) is 33.6. The number of amidine groups is 1. The lowest BCUT2D eigenvalue weighted by Crippen LogP contribution is -2.62. The van der Waals surface area contributed by atoms with Gasteiger partial charge in [0, 0.05) is 59.5 Å². The van der Waals surface area contributed by atoms with Gasteiger partial charge in [0.25, 0.3) is 17.1 Å². The first-order chi connectivity index (χ1) is 29.6. The summed E-state index contributed by atoms with van der Waals surface area (Å²) >= 11 is 1.14. The van der Waals surface area contributed by atoms with Crippen molar-refractivity contribution < 1.29 is 62.4 Å². The second-order valence-electron chi connectivity index (χ2n) is 13.9. The Balaban J connectivity index is 1.17.